The van der Waals surface area contributed by atoms with Crippen LogP contribution in [0, 0.1) is 23.7 Å². The molecule has 0 aliphatic heterocycles. The molecule has 268 valence electrons. The molecule has 1 aromatic heterocycles. The summed E-state index contributed by atoms with van der Waals surface area (Å²) in [5, 5.41) is 1.06. The molecular formula is C54H42N2. The minimum absolute atomic E-state index is 0.187. The number of rotatable bonds is 5. The molecule has 56 heavy (non-hydrogen) atoms. The number of nitrogens with zero attached hydrogens (tertiary/aromatic N) is 2. The van der Waals surface area contributed by atoms with Gasteiger partial charge in [-0.25, -0.2) is 9.97 Å². The van der Waals surface area contributed by atoms with E-state index in [2.05, 4.69) is 170 Å². The maximum atomic E-state index is 5.24. The van der Waals surface area contributed by atoms with Crippen molar-refractivity contribution in [1.29, 1.82) is 0 Å². The molecule has 1 spiro atoms. The summed E-state index contributed by atoms with van der Waals surface area (Å²) < 4.78 is 0. The minimum atomic E-state index is 0.187. The van der Waals surface area contributed by atoms with Crippen molar-refractivity contribution in [1.82, 2.24) is 9.97 Å². The average Bonchev–Trinajstić information content (AvgIpc) is 3.56. The highest BCUT2D eigenvalue weighted by Gasteiger charge is 2.61. The first kappa shape index (κ1) is 32.2. The second-order valence-electron chi connectivity index (χ2n) is 17.0. The van der Waals surface area contributed by atoms with Gasteiger partial charge in [0.1, 0.15) is 0 Å². The van der Waals surface area contributed by atoms with E-state index in [1.165, 1.54) is 71.0 Å². The highest BCUT2D eigenvalue weighted by Crippen LogP contribution is 2.70. The summed E-state index contributed by atoms with van der Waals surface area (Å²) in [6, 6.07) is 62.3. The quantitative estimate of drug-likeness (QED) is 0.177. The van der Waals surface area contributed by atoms with Crippen molar-refractivity contribution in [2.75, 3.05) is 0 Å². The van der Waals surface area contributed by atoms with Gasteiger partial charge in [-0.1, -0.05) is 158 Å². The first-order valence-electron chi connectivity index (χ1n) is 20.6. The molecule has 4 bridgehead atoms. The Morgan fingerprint density at radius 2 is 0.946 bits per heavy atom. The Hall–Kier alpha value is -6.12. The summed E-state index contributed by atoms with van der Waals surface area (Å²) in [6.07, 6.45) is 7.11. The van der Waals surface area contributed by atoms with Crippen LogP contribution in [0.4, 0.5) is 0 Å². The van der Waals surface area contributed by atoms with Crippen LogP contribution in [0.2, 0.25) is 0 Å². The van der Waals surface area contributed by atoms with E-state index in [1.807, 2.05) is 0 Å². The summed E-state index contributed by atoms with van der Waals surface area (Å²) >= 11 is 0. The van der Waals surface area contributed by atoms with Gasteiger partial charge in [-0.2, -0.15) is 0 Å². The molecule has 2 heteroatoms. The monoisotopic (exact) mass is 718 g/mol. The Morgan fingerprint density at radius 3 is 1.73 bits per heavy atom. The normalized spacial score (nSPS) is 22.7. The molecule has 4 fully saturated rings. The van der Waals surface area contributed by atoms with Gasteiger partial charge >= 0.3 is 0 Å². The van der Waals surface area contributed by atoms with E-state index in [4.69, 9.17) is 9.97 Å². The largest absolute Gasteiger partial charge is 0.228 e. The van der Waals surface area contributed by atoms with Crippen molar-refractivity contribution in [3.8, 4) is 67.2 Å². The number of hydrogen-bond acceptors (Lipinski definition) is 2. The summed E-state index contributed by atoms with van der Waals surface area (Å²) in [6.45, 7) is 0. The van der Waals surface area contributed by atoms with Crippen LogP contribution in [-0.4, -0.2) is 9.97 Å². The van der Waals surface area contributed by atoms with Crippen molar-refractivity contribution in [2.45, 2.75) is 37.5 Å². The number of aromatic nitrogens is 2. The highest BCUT2D eigenvalue weighted by atomic mass is 14.9. The molecular weight excluding hydrogens is 677 g/mol. The molecule has 2 nitrogen and oxygen atoms in total. The summed E-state index contributed by atoms with van der Waals surface area (Å²) in [4.78, 5) is 10.3. The first-order valence-corrected chi connectivity index (χ1v) is 20.6. The number of benzene rings is 7. The molecule has 1 heterocycles. The molecule has 4 saturated carbocycles. The lowest BCUT2D eigenvalue weighted by Crippen LogP contribution is -2.55. The van der Waals surface area contributed by atoms with Gasteiger partial charge in [-0.3, -0.25) is 0 Å². The van der Waals surface area contributed by atoms with Crippen molar-refractivity contribution in [2.24, 2.45) is 23.7 Å². The molecule has 7 aromatic carbocycles. The average molecular weight is 719 g/mol. The zero-order chi connectivity index (χ0) is 36.8. The van der Waals surface area contributed by atoms with Gasteiger partial charge in [0, 0.05) is 21.9 Å². The smallest absolute Gasteiger partial charge is 0.160 e. The van der Waals surface area contributed by atoms with Gasteiger partial charge in [0.2, 0.25) is 0 Å². The van der Waals surface area contributed by atoms with Crippen LogP contribution in [0.5, 0.6) is 0 Å². The van der Waals surface area contributed by atoms with E-state index >= 15 is 0 Å². The lowest BCUT2D eigenvalue weighted by molar-refractivity contribution is -0.0399. The van der Waals surface area contributed by atoms with Crippen LogP contribution < -0.4 is 0 Å². The van der Waals surface area contributed by atoms with Crippen LogP contribution in [0.25, 0.3) is 78.1 Å². The highest BCUT2D eigenvalue weighted by molar-refractivity contribution is 5.95. The zero-order valence-corrected chi connectivity index (χ0v) is 31.4. The fourth-order valence-corrected chi connectivity index (χ4v) is 12.0. The Morgan fingerprint density at radius 1 is 0.393 bits per heavy atom. The van der Waals surface area contributed by atoms with E-state index in [0.29, 0.717) is 0 Å². The van der Waals surface area contributed by atoms with Crippen molar-refractivity contribution in [3.05, 3.63) is 181 Å². The van der Waals surface area contributed by atoms with Crippen LogP contribution in [0.15, 0.2) is 170 Å². The third-order valence-corrected chi connectivity index (χ3v) is 14.1. The minimum Gasteiger partial charge on any atom is -0.228 e. The molecule has 8 aromatic rings. The summed E-state index contributed by atoms with van der Waals surface area (Å²) in [5.74, 6) is 4.17. The SMILES string of the molecule is c1ccc(-c2ccc(-c3nc(-c4cccc(-c5ccc(-c6cccc7c6-c6ccccc6C76C7CC8CC(C7)CC6C8)cc5)c4)nc4ccccc34)cc2)cc1. The second kappa shape index (κ2) is 12.4. The van der Waals surface area contributed by atoms with Crippen LogP contribution in [0.1, 0.15) is 43.2 Å². The van der Waals surface area contributed by atoms with E-state index in [-0.39, 0.29) is 5.41 Å². The molecule has 0 amide bonds. The number of hydrogen-bond donors (Lipinski definition) is 0. The first-order chi connectivity index (χ1) is 27.7. The molecule has 5 aliphatic carbocycles. The van der Waals surface area contributed by atoms with Gasteiger partial charge in [-0.15, -0.1) is 0 Å². The van der Waals surface area contributed by atoms with Crippen LogP contribution >= 0.6 is 0 Å². The Labute approximate surface area is 329 Å². The van der Waals surface area contributed by atoms with E-state index in [0.717, 1.165) is 62.8 Å². The third kappa shape index (κ3) is 4.81. The zero-order valence-electron chi connectivity index (χ0n) is 31.4. The summed E-state index contributed by atoms with van der Waals surface area (Å²) in [5.41, 5.74) is 17.8. The third-order valence-electron chi connectivity index (χ3n) is 14.1. The Kier molecular flexibility index (Phi) is 7.15. The predicted octanol–water partition coefficient (Wildman–Crippen LogP) is 13.7. The lowest BCUT2D eigenvalue weighted by Gasteiger charge is -2.61. The summed E-state index contributed by atoms with van der Waals surface area (Å²) in [7, 11) is 0. The molecule has 0 atom stereocenters. The van der Waals surface area contributed by atoms with Crippen molar-refractivity contribution in [3.63, 3.8) is 0 Å². The predicted molar refractivity (Wildman–Crippen MR) is 230 cm³/mol. The van der Waals surface area contributed by atoms with E-state index in [9.17, 15) is 0 Å². The van der Waals surface area contributed by atoms with Gasteiger partial charge in [0.25, 0.3) is 0 Å². The van der Waals surface area contributed by atoms with Crippen LogP contribution in [-0.2, 0) is 5.41 Å². The van der Waals surface area contributed by atoms with Crippen molar-refractivity contribution < 1.29 is 0 Å². The van der Waals surface area contributed by atoms with Gasteiger partial charge < -0.3 is 0 Å². The van der Waals surface area contributed by atoms with Crippen LogP contribution in [0.3, 0.4) is 0 Å². The maximum Gasteiger partial charge on any atom is 0.160 e. The maximum absolute atomic E-state index is 5.24. The van der Waals surface area contributed by atoms with Gasteiger partial charge in [0.05, 0.1) is 11.2 Å². The second-order valence-corrected chi connectivity index (χ2v) is 17.0. The van der Waals surface area contributed by atoms with E-state index in [1.54, 1.807) is 11.1 Å². The van der Waals surface area contributed by atoms with Gasteiger partial charge in [0.15, 0.2) is 5.82 Å². The molecule has 0 radical (unpaired) electrons. The Balaban J connectivity index is 0.899. The van der Waals surface area contributed by atoms with Gasteiger partial charge in [-0.05, 0) is 124 Å². The molecule has 0 N–H and O–H groups in total. The lowest BCUT2D eigenvalue weighted by atomic mass is 9.43. The van der Waals surface area contributed by atoms with Crippen molar-refractivity contribution >= 4 is 10.9 Å². The fourth-order valence-electron chi connectivity index (χ4n) is 12.0. The fraction of sp³-hybridized carbons (Fsp3) is 0.185. The molecule has 5 aliphatic rings. The van der Waals surface area contributed by atoms with E-state index < -0.39 is 0 Å². The number of para-hydroxylation sites is 1. The molecule has 0 unspecified atom stereocenters. The molecule has 0 saturated heterocycles. The molecule has 13 rings (SSSR count). The standard InChI is InChI=1S/C54H42N2/c1-2-10-36(11-3-1)37-22-26-40(27-23-37)52-47-15-5-7-19-50(47)55-53(56-52)42-13-8-12-41(33-42)38-20-24-39(25-21-38)45-16-9-18-49-51(45)46-14-4-6-17-48(46)54(49)43-29-34-28-35(31-43)32-44(54)30-34/h1-27,33-35,43-44H,28-32H2. The number of fused-ring (bicyclic) bond motifs is 4. The Bertz CT molecular complexity index is 2770. The topological polar surface area (TPSA) is 25.8 Å².